The van der Waals surface area contributed by atoms with Crippen LogP contribution >= 0.6 is 0 Å². The Balaban J connectivity index is 0.837. The molecule has 10 nitrogen and oxygen atoms in total. The van der Waals surface area contributed by atoms with E-state index in [0.29, 0.717) is 70.0 Å². The summed E-state index contributed by atoms with van der Waals surface area (Å²) in [6.07, 6.45) is 14.3. The molecule has 0 radical (unpaired) electrons. The van der Waals surface area contributed by atoms with Crippen molar-refractivity contribution in [3.63, 3.8) is 0 Å². The van der Waals surface area contributed by atoms with Gasteiger partial charge in [-0.2, -0.15) is 0 Å². The number of hydrogen-bond donors (Lipinski definition) is 0. The molecule has 0 amide bonds. The lowest BCUT2D eigenvalue weighted by atomic mass is 9.99. The van der Waals surface area contributed by atoms with Crippen LogP contribution in [0.15, 0.2) is 170 Å². The fourth-order valence-electron chi connectivity index (χ4n) is 7.81. The summed E-state index contributed by atoms with van der Waals surface area (Å²) < 4.78 is 34.0. The van der Waals surface area contributed by atoms with Crippen molar-refractivity contribution in [2.24, 2.45) is 0 Å². The smallest absolute Gasteiger partial charge is 0.343 e. The van der Waals surface area contributed by atoms with E-state index in [2.05, 4.69) is 13.8 Å². The molecule has 0 unspecified atom stereocenters. The Bertz CT molecular complexity index is 2610. The molecule has 7 aromatic rings. The molecule has 0 fully saturated rings. The zero-order valence-corrected chi connectivity index (χ0v) is 41.1. The number of esters is 4. The number of carbonyl (C=O) groups is 4. The van der Waals surface area contributed by atoms with Crippen LogP contribution in [-0.4, -0.2) is 37.1 Å². The number of unbranched alkanes of at least 4 members (excludes halogenated alkanes) is 10. The van der Waals surface area contributed by atoms with E-state index in [1.54, 1.807) is 121 Å². The summed E-state index contributed by atoms with van der Waals surface area (Å²) in [4.78, 5) is 51.6. The van der Waals surface area contributed by atoms with Crippen molar-refractivity contribution < 1.29 is 47.6 Å². The highest BCUT2D eigenvalue weighted by Gasteiger charge is 2.15. The summed E-state index contributed by atoms with van der Waals surface area (Å²) in [6.45, 7) is 5.70. The Morgan fingerprint density at radius 3 is 0.861 bits per heavy atom. The highest BCUT2D eigenvalue weighted by atomic mass is 16.5. The normalized spacial score (nSPS) is 10.8. The molecule has 370 valence electrons. The zero-order valence-electron chi connectivity index (χ0n) is 41.1. The Morgan fingerprint density at radius 1 is 0.292 bits per heavy atom. The highest BCUT2D eigenvalue weighted by Crippen LogP contribution is 2.30. The Hall–Kier alpha value is -7.98. The SMILES string of the molecule is CCCCCCCCOc1ccc(C(=O)Oc2ccc(C(=O)Oc3ccc(-c4cccc(-c5ccc(OC(=O)c6ccc(OC(=O)c7ccc(OCCCCCCCC)cc7)cc6)cc5)c4)cc3)cc2)cc1. The lowest BCUT2D eigenvalue weighted by Crippen LogP contribution is -2.10. The summed E-state index contributed by atoms with van der Waals surface area (Å²) in [5.74, 6) is 0.647. The van der Waals surface area contributed by atoms with Crippen LogP contribution in [0.2, 0.25) is 0 Å². The molecule has 0 atom stereocenters. The van der Waals surface area contributed by atoms with Crippen LogP contribution in [0.5, 0.6) is 34.5 Å². The first-order valence-electron chi connectivity index (χ1n) is 25.1. The summed E-state index contributed by atoms with van der Waals surface area (Å²) >= 11 is 0. The molecule has 0 N–H and O–H groups in total. The number of carbonyl (C=O) groups excluding carboxylic acids is 4. The van der Waals surface area contributed by atoms with Gasteiger partial charge < -0.3 is 28.4 Å². The second-order valence-corrected chi connectivity index (χ2v) is 17.5. The maximum absolute atomic E-state index is 13.0. The molecule has 0 aliphatic carbocycles. The van der Waals surface area contributed by atoms with Crippen molar-refractivity contribution in [2.45, 2.75) is 90.9 Å². The third-order valence-electron chi connectivity index (χ3n) is 12.0. The Kier molecular flexibility index (Phi) is 19.8. The summed E-state index contributed by atoms with van der Waals surface area (Å²) in [6, 6.07) is 48.6. The minimum Gasteiger partial charge on any atom is -0.494 e. The third kappa shape index (κ3) is 16.0. The van der Waals surface area contributed by atoms with Crippen LogP contribution in [0, 0.1) is 0 Å². The lowest BCUT2D eigenvalue weighted by molar-refractivity contribution is 0.0720. The van der Waals surface area contributed by atoms with Crippen LogP contribution in [0.3, 0.4) is 0 Å². The molecule has 0 heterocycles. The second kappa shape index (κ2) is 27.4. The van der Waals surface area contributed by atoms with Crippen molar-refractivity contribution in [2.75, 3.05) is 13.2 Å². The van der Waals surface area contributed by atoms with E-state index in [0.717, 1.165) is 47.9 Å². The monoisotopic (exact) mass is 966 g/mol. The second-order valence-electron chi connectivity index (χ2n) is 17.5. The largest absolute Gasteiger partial charge is 0.494 e. The molecular formula is C62H62O10. The molecule has 7 aromatic carbocycles. The van der Waals surface area contributed by atoms with E-state index in [-0.39, 0.29) is 0 Å². The molecule has 0 spiro atoms. The lowest BCUT2D eigenvalue weighted by Gasteiger charge is -2.10. The quantitative estimate of drug-likeness (QED) is 0.0294. The first kappa shape index (κ1) is 51.9. The number of rotatable bonds is 26. The van der Waals surface area contributed by atoms with Gasteiger partial charge in [0.1, 0.15) is 34.5 Å². The van der Waals surface area contributed by atoms with Crippen molar-refractivity contribution in [3.8, 4) is 56.8 Å². The fourth-order valence-corrected chi connectivity index (χ4v) is 7.81. The van der Waals surface area contributed by atoms with Crippen LogP contribution in [0.1, 0.15) is 132 Å². The van der Waals surface area contributed by atoms with Gasteiger partial charge in [0, 0.05) is 0 Å². The molecule has 0 aliphatic heterocycles. The molecule has 0 bridgehead atoms. The fraction of sp³-hybridized carbons (Fsp3) is 0.258. The maximum atomic E-state index is 13.0. The predicted octanol–water partition coefficient (Wildman–Crippen LogP) is 15.4. The zero-order chi connectivity index (χ0) is 50.3. The van der Waals surface area contributed by atoms with E-state index in [1.165, 1.54) is 51.4 Å². The van der Waals surface area contributed by atoms with Gasteiger partial charge in [-0.05, 0) is 162 Å². The van der Waals surface area contributed by atoms with Crippen molar-refractivity contribution >= 4 is 23.9 Å². The van der Waals surface area contributed by atoms with Gasteiger partial charge in [-0.3, -0.25) is 0 Å². The molecule has 72 heavy (non-hydrogen) atoms. The van der Waals surface area contributed by atoms with E-state index in [9.17, 15) is 19.2 Å². The van der Waals surface area contributed by atoms with Gasteiger partial charge in [0.15, 0.2) is 0 Å². The standard InChI is InChI=1S/C62H62O10/c1-3-5-7-9-11-13-42-67-53-30-22-47(23-31-53)59(63)71-57-38-26-49(27-39-57)61(65)69-55-34-18-45(19-35-55)51-16-15-17-52(44-51)46-20-36-56(37-21-46)70-62(66)50-28-40-58(41-29-50)72-60(64)48-24-32-54(33-25-48)68-43-14-12-10-8-6-4-2/h15-41,44H,3-14,42-43H2,1-2H3. The van der Waals surface area contributed by atoms with E-state index in [4.69, 9.17) is 28.4 Å². The first-order valence-corrected chi connectivity index (χ1v) is 25.1. The average molecular weight is 967 g/mol. The van der Waals surface area contributed by atoms with Crippen molar-refractivity contribution in [1.29, 1.82) is 0 Å². The van der Waals surface area contributed by atoms with Gasteiger partial charge in [-0.1, -0.05) is 121 Å². The summed E-state index contributed by atoms with van der Waals surface area (Å²) in [7, 11) is 0. The van der Waals surface area contributed by atoms with Crippen LogP contribution < -0.4 is 28.4 Å². The number of benzene rings is 7. The molecule has 0 aromatic heterocycles. The molecule has 7 rings (SSSR count). The Labute approximate surface area is 422 Å². The predicted molar refractivity (Wildman–Crippen MR) is 281 cm³/mol. The number of ether oxygens (including phenoxy) is 6. The molecule has 10 heteroatoms. The number of hydrogen-bond acceptors (Lipinski definition) is 10. The minimum absolute atomic E-state index is 0.300. The van der Waals surface area contributed by atoms with Gasteiger partial charge in [-0.25, -0.2) is 19.2 Å². The van der Waals surface area contributed by atoms with Gasteiger partial charge in [0.25, 0.3) is 0 Å². The van der Waals surface area contributed by atoms with Gasteiger partial charge in [-0.15, -0.1) is 0 Å². The molecule has 0 saturated heterocycles. The van der Waals surface area contributed by atoms with E-state index >= 15 is 0 Å². The summed E-state index contributed by atoms with van der Waals surface area (Å²) in [5, 5.41) is 0. The molecular weight excluding hydrogens is 905 g/mol. The average Bonchev–Trinajstić information content (AvgIpc) is 3.41. The van der Waals surface area contributed by atoms with Gasteiger partial charge in [0.05, 0.1) is 35.5 Å². The molecule has 0 aliphatic rings. The Morgan fingerprint density at radius 2 is 0.556 bits per heavy atom. The third-order valence-corrected chi connectivity index (χ3v) is 12.0. The van der Waals surface area contributed by atoms with E-state index in [1.807, 2.05) is 48.5 Å². The maximum Gasteiger partial charge on any atom is 0.343 e. The summed E-state index contributed by atoms with van der Waals surface area (Å²) in [5.41, 5.74) is 5.13. The van der Waals surface area contributed by atoms with Crippen LogP contribution in [0.25, 0.3) is 22.3 Å². The first-order chi connectivity index (χ1) is 35.2. The molecule has 0 saturated carbocycles. The minimum atomic E-state index is -0.549. The van der Waals surface area contributed by atoms with Gasteiger partial charge >= 0.3 is 23.9 Å². The highest BCUT2D eigenvalue weighted by molar-refractivity contribution is 5.94. The van der Waals surface area contributed by atoms with Crippen LogP contribution in [-0.2, 0) is 0 Å². The van der Waals surface area contributed by atoms with Crippen molar-refractivity contribution in [1.82, 2.24) is 0 Å². The van der Waals surface area contributed by atoms with Crippen molar-refractivity contribution in [3.05, 3.63) is 192 Å². The van der Waals surface area contributed by atoms with Crippen LogP contribution in [0.4, 0.5) is 0 Å². The van der Waals surface area contributed by atoms with Gasteiger partial charge in [0.2, 0.25) is 0 Å². The topological polar surface area (TPSA) is 124 Å². The van der Waals surface area contributed by atoms with E-state index < -0.39 is 23.9 Å².